The van der Waals surface area contributed by atoms with Gasteiger partial charge in [0.1, 0.15) is 5.82 Å². The lowest BCUT2D eigenvalue weighted by atomic mass is 10.1. The maximum absolute atomic E-state index is 13.5. The molecule has 0 aliphatic rings. The summed E-state index contributed by atoms with van der Waals surface area (Å²) < 4.78 is 38.0. The molecule has 0 bridgehead atoms. The van der Waals surface area contributed by atoms with E-state index in [-0.39, 0.29) is 11.3 Å². The summed E-state index contributed by atoms with van der Waals surface area (Å²) in [6, 6.07) is 3.99. The number of carbonyl (C=O) groups is 1. The van der Waals surface area contributed by atoms with Crippen LogP contribution in [-0.2, 0) is 0 Å². The van der Waals surface area contributed by atoms with Gasteiger partial charge in [0.15, 0.2) is 0 Å². The maximum Gasteiger partial charge on any atom is 0.255 e. The molecule has 0 aliphatic carbocycles. The summed E-state index contributed by atoms with van der Waals surface area (Å²) in [7, 11) is 1.26. The molecule has 0 heterocycles. The van der Waals surface area contributed by atoms with Crippen molar-refractivity contribution >= 4 is 11.6 Å². The van der Waals surface area contributed by atoms with Crippen LogP contribution in [0.1, 0.15) is 17.3 Å². The van der Waals surface area contributed by atoms with E-state index >= 15 is 0 Å². The zero-order valence-corrected chi connectivity index (χ0v) is 10.2. The van der Waals surface area contributed by atoms with E-state index in [1.165, 1.54) is 25.2 Å². The van der Waals surface area contributed by atoms with Gasteiger partial charge in [-0.2, -0.15) is 0 Å². The van der Waals surface area contributed by atoms with Gasteiger partial charge in [-0.3, -0.25) is 4.79 Å². The average Bonchev–Trinajstić information content (AvgIpc) is 2.30. The summed E-state index contributed by atoms with van der Waals surface area (Å²) in [5.74, 6) is -1.21. The Hall–Kier alpha value is -1.72. The highest BCUT2D eigenvalue weighted by atomic mass is 19.3. The number of hydrogen-bond acceptors (Lipinski definition) is 2. The van der Waals surface area contributed by atoms with Crippen molar-refractivity contribution in [1.29, 1.82) is 0 Å². The Morgan fingerprint density at radius 1 is 1.44 bits per heavy atom. The van der Waals surface area contributed by atoms with Gasteiger partial charge in [-0.1, -0.05) is 6.07 Å². The number of amides is 1. The first-order valence-corrected chi connectivity index (χ1v) is 5.53. The Morgan fingerprint density at radius 3 is 2.67 bits per heavy atom. The second kappa shape index (κ2) is 6.28. The van der Waals surface area contributed by atoms with E-state index in [0.29, 0.717) is 6.54 Å². The van der Waals surface area contributed by atoms with Gasteiger partial charge in [0.05, 0.1) is 17.8 Å². The lowest BCUT2D eigenvalue weighted by molar-refractivity contribution is 0.0621. The van der Waals surface area contributed by atoms with Crippen LogP contribution in [0.4, 0.5) is 18.9 Å². The second-order valence-electron chi connectivity index (χ2n) is 3.77. The molecule has 0 atom stereocenters. The molecule has 0 saturated heterocycles. The van der Waals surface area contributed by atoms with Gasteiger partial charge in [0, 0.05) is 13.6 Å². The SMILES string of the molecule is CCNc1c(F)cccc1C(=O)N(C)CC(F)F. The van der Waals surface area contributed by atoms with Gasteiger partial charge in [0.2, 0.25) is 0 Å². The van der Waals surface area contributed by atoms with Crippen molar-refractivity contribution in [3.63, 3.8) is 0 Å². The van der Waals surface area contributed by atoms with Crippen LogP contribution < -0.4 is 5.32 Å². The highest BCUT2D eigenvalue weighted by Crippen LogP contribution is 2.21. The van der Waals surface area contributed by atoms with Gasteiger partial charge in [-0.15, -0.1) is 0 Å². The Labute approximate surface area is 104 Å². The van der Waals surface area contributed by atoms with E-state index in [1.54, 1.807) is 6.92 Å². The molecule has 1 aromatic carbocycles. The molecule has 0 aromatic heterocycles. The average molecular weight is 260 g/mol. The topological polar surface area (TPSA) is 32.3 Å². The van der Waals surface area contributed by atoms with Crippen molar-refractivity contribution in [3.05, 3.63) is 29.6 Å². The number of anilines is 1. The van der Waals surface area contributed by atoms with Crippen molar-refractivity contribution in [2.24, 2.45) is 0 Å². The molecule has 3 nitrogen and oxygen atoms in total. The quantitative estimate of drug-likeness (QED) is 0.882. The van der Waals surface area contributed by atoms with Crippen LogP contribution in [0, 0.1) is 5.82 Å². The summed E-state index contributed by atoms with van der Waals surface area (Å²) >= 11 is 0. The third-order valence-corrected chi connectivity index (χ3v) is 2.36. The summed E-state index contributed by atoms with van der Waals surface area (Å²) in [5, 5.41) is 2.72. The van der Waals surface area contributed by atoms with Crippen LogP contribution in [0.3, 0.4) is 0 Å². The molecule has 1 rings (SSSR count). The molecule has 0 unspecified atom stereocenters. The maximum atomic E-state index is 13.5. The standard InChI is InChI=1S/C12H15F3N2O/c1-3-16-11-8(5-4-6-9(11)13)12(18)17(2)7-10(14)15/h4-6,10,16H,3,7H2,1-2H3. The molecule has 18 heavy (non-hydrogen) atoms. The predicted molar refractivity (Wildman–Crippen MR) is 63.5 cm³/mol. The molecule has 0 spiro atoms. The zero-order valence-electron chi connectivity index (χ0n) is 10.2. The molecular formula is C12H15F3N2O. The number of rotatable bonds is 5. The Balaban J connectivity index is 3.01. The number of hydrogen-bond donors (Lipinski definition) is 1. The Kier molecular flexibility index (Phi) is 5.00. The van der Waals surface area contributed by atoms with E-state index in [9.17, 15) is 18.0 Å². The molecule has 0 saturated carbocycles. The van der Waals surface area contributed by atoms with Gasteiger partial charge in [-0.05, 0) is 19.1 Å². The monoisotopic (exact) mass is 260 g/mol. The number of alkyl halides is 2. The van der Waals surface area contributed by atoms with Crippen molar-refractivity contribution < 1.29 is 18.0 Å². The first-order valence-electron chi connectivity index (χ1n) is 5.53. The Bertz CT molecular complexity index is 424. The molecule has 0 fully saturated rings. The van der Waals surface area contributed by atoms with E-state index in [1.807, 2.05) is 0 Å². The predicted octanol–water partition coefficient (Wildman–Crippen LogP) is 2.59. The van der Waals surface area contributed by atoms with Crippen molar-refractivity contribution in [3.8, 4) is 0 Å². The minimum atomic E-state index is -2.62. The fourth-order valence-electron chi connectivity index (χ4n) is 1.55. The van der Waals surface area contributed by atoms with E-state index in [4.69, 9.17) is 0 Å². The van der Waals surface area contributed by atoms with E-state index in [2.05, 4.69) is 5.32 Å². The van der Waals surface area contributed by atoms with Crippen LogP contribution in [0.2, 0.25) is 0 Å². The fraction of sp³-hybridized carbons (Fsp3) is 0.417. The molecule has 1 N–H and O–H groups in total. The third kappa shape index (κ3) is 3.38. The number of nitrogens with one attached hydrogen (secondary N) is 1. The van der Waals surface area contributed by atoms with Crippen molar-refractivity contribution in [1.82, 2.24) is 4.90 Å². The lowest BCUT2D eigenvalue weighted by Crippen LogP contribution is -2.32. The molecule has 1 aromatic rings. The van der Waals surface area contributed by atoms with Crippen LogP contribution in [0.15, 0.2) is 18.2 Å². The summed E-state index contributed by atoms with van der Waals surface area (Å²) in [6.07, 6.45) is -2.62. The molecule has 6 heteroatoms. The minimum Gasteiger partial charge on any atom is -0.382 e. The summed E-state index contributed by atoms with van der Waals surface area (Å²) in [6.45, 7) is 1.50. The van der Waals surface area contributed by atoms with Gasteiger partial charge in [-0.25, -0.2) is 13.2 Å². The van der Waals surface area contributed by atoms with Crippen LogP contribution >= 0.6 is 0 Å². The number of carbonyl (C=O) groups excluding carboxylic acids is 1. The Morgan fingerprint density at radius 2 is 2.11 bits per heavy atom. The zero-order chi connectivity index (χ0) is 13.7. The summed E-state index contributed by atoms with van der Waals surface area (Å²) in [5.41, 5.74) is 0.103. The number of halogens is 3. The molecule has 0 aliphatic heterocycles. The van der Waals surface area contributed by atoms with Crippen LogP contribution in [0.5, 0.6) is 0 Å². The minimum absolute atomic E-state index is 0.0473. The highest BCUT2D eigenvalue weighted by molar-refractivity contribution is 5.99. The van der Waals surface area contributed by atoms with Crippen molar-refractivity contribution in [2.45, 2.75) is 13.3 Å². The van der Waals surface area contributed by atoms with Gasteiger partial charge < -0.3 is 10.2 Å². The second-order valence-corrected chi connectivity index (χ2v) is 3.77. The van der Waals surface area contributed by atoms with Crippen molar-refractivity contribution in [2.75, 3.05) is 25.5 Å². The number of para-hydroxylation sites is 1. The third-order valence-electron chi connectivity index (χ3n) is 2.36. The molecule has 1 amide bonds. The number of benzene rings is 1. The van der Waals surface area contributed by atoms with Gasteiger partial charge >= 0.3 is 0 Å². The largest absolute Gasteiger partial charge is 0.382 e. The van der Waals surface area contributed by atoms with Crippen LogP contribution in [-0.4, -0.2) is 37.4 Å². The lowest BCUT2D eigenvalue weighted by Gasteiger charge is -2.19. The fourth-order valence-corrected chi connectivity index (χ4v) is 1.55. The van der Waals surface area contributed by atoms with Gasteiger partial charge in [0.25, 0.3) is 12.3 Å². The molecule has 100 valence electrons. The van der Waals surface area contributed by atoms with E-state index < -0.39 is 24.7 Å². The highest BCUT2D eigenvalue weighted by Gasteiger charge is 2.20. The summed E-state index contributed by atoms with van der Waals surface area (Å²) in [4.78, 5) is 12.8. The first-order chi connectivity index (χ1) is 8.47. The number of nitrogens with zero attached hydrogens (tertiary/aromatic N) is 1. The molecule has 0 radical (unpaired) electrons. The van der Waals surface area contributed by atoms with E-state index in [0.717, 1.165) is 4.90 Å². The van der Waals surface area contributed by atoms with Crippen LogP contribution in [0.25, 0.3) is 0 Å². The first kappa shape index (κ1) is 14.3. The normalized spacial score (nSPS) is 10.6. The molecular weight excluding hydrogens is 245 g/mol. The smallest absolute Gasteiger partial charge is 0.255 e.